The summed E-state index contributed by atoms with van der Waals surface area (Å²) in [5, 5.41) is 7.27. The molecule has 12 heteroatoms. The highest BCUT2D eigenvalue weighted by Crippen LogP contribution is 2.30. The lowest BCUT2D eigenvalue weighted by Gasteiger charge is -2.12. The summed E-state index contributed by atoms with van der Waals surface area (Å²) in [5.74, 6) is 0.528. The molecule has 34 heavy (non-hydrogen) atoms. The normalized spacial score (nSPS) is 11.7. The van der Waals surface area contributed by atoms with Crippen LogP contribution in [0, 0.1) is 11.7 Å². The maximum atomic E-state index is 14.1. The van der Waals surface area contributed by atoms with Gasteiger partial charge >= 0.3 is 0 Å². The molecular formula is C22H23FN6O4S. The number of nitrogen functional groups attached to an aromatic ring is 1. The summed E-state index contributed by atoms with van der Waals surface area (Å²) in [4.78, 5) is 8.38. The van der Waals surface area contributed by atoms with E-state index in [0.29, 0.717) is 40.7 Å². The first-order chi connectivity index (χ1) is 16.2. The van der Waals surface area contributed by atoms with Crippen molar-refractivity contribution < 1.29 is 22.3 Å². The Kier molecular flexibility index (Phi) is 6.24. The number of fused-ring (bicyclic) bond motifs is 1. The van der Waals surface area contributed by atoms with E-state index in [2.05, 4.69) is 24.9 Å². The average molecular weight is 487 g/mol. The third-order valence-corrected chi connectivity index (χ3v) is 6.18. The second-order valence-electron chi connectivity index (χ2n) is 7.87. The van der Waals surface area contributed by atoms with Gasteiger partial charge in [0.1, 0.15) is 27.7 Å². The maximum absolute atomic E-state index is 14.1. The lowest BCUT2D eigenvalue weighted by Crippen LogP contribution is -2.14. The molecule has 0 atom stereocenters. The predicted molar refractivity (Wildman–Crippen MR) is 126 cm³/mol. The van der Waals surface area contributed by atoms with Gasteiger partial charge in [-0.3, -0.25) is 9.82 Å². The zero-order valence-corrected chi connectivity index (χ0v) is 19.5. The molecule has 178 valence electrons. The molecule has 4 rings (SSSR count). The van der Waals surface area contributed by atoms with E-state index in [1.807, 2.05) is 13.8 Å². The number of ether oxygens (including phenoxy) is 2. The fourth-order valence-electron chi connectivity index (χ4n) is 3.11. The SMILES string of the molecule is COc1ccc(F)c(S(=O)(=O)Nc2ccc(-c3nc(OCC(C)C)c4c(N)[nH]nc4n3)cc2)c1. The Balaban J connectivity index is 1.63. The number of benzene rings is 2. The smallest absolute Gasteiger partial charge is 0.264 e. The third kappa shape index (κ3) is 4.71. The summed E-state index contributed by atoms with van der Waals surface area (Å²) in [7, 11) is -2.82. The van der Waals surface area contributed by atoms with E-state index in [1.54, 1.807) is 12.1 Å². The van der Waals surface area contributed by atoms with Gasteiger partial charge in [-0.1, -0.05) is 13.8 Å². The Morgan fingerprint density at radius 1 is 1.15 bits per heavy atom. The number of sulfonamides is 1. The van der Waals surface area contributed by atoms with E-state index >= 15 is 0 Å². The van der Waals surface area contributed by atoms with Gasteiger partial charge in [0.25, 0.3) is 10.0 Å². The van der Waals surface area contributed by atoms with E-state index < -0.39 is 20.7 Å². The van der Waals surface area contributed by atoms with Gasteiger partial charge in [-0.2, -0.15) is 10.1 Å². The molecule has 0 spiro atoms. The standard InChI is InChI=1S/C22H23FN6O4S/c1-12(2)11-33-22-18-19(24)27-28-21(18)25-20(26-22)13-4-6-14(7-5-13)29-34(30,31)17-10-15(32-3)8-9-16(17)23/h4-10,12,29H,11H2,1-3H3,(H3,24,25,26,27,28). The van der Waals surface area contributed by atoms with Gasteiger partial charge in [-0.25, -0.2) is 17.8 Å². The largest absolute Gasteiger partial charge is 0.497 e. The maximum Gasteiger partial charge on any atom is 0.264 e. The highest BCUT2D eigenvalue weighted by molar-refractivity contribution is 7.92. The predicted octanol–water partition coefficient (Wildman–Crippen LogP) is 3.59. The molecule has 0 saturated heterocycles. The Hall–Kier alpha value is -3.93. The monoisotopic (exact) mass is 486 g/mol. The molecular weight excluding hydrogens is 463 g/mol. The highest BCUT2D eigenvalue weighted by atomic mass is 32.2. The number of aromatic amines is 1. The van der Waals surface area contributed by atoms with Crippen molar-refractivity contribution in [1.29, 1.82) is 0 Å². The van der Waals surface area contributed by atoms with Crippen LogP contribution in [0.5, 0.6) is 11.6 Å². The van der Waals surface area contributed by atoms with Crippen molar-refractivity contribution in [2.24, 2.45) is 5.92 Å². The van der Waals surface area contributed by atoms with Crippen LogP contribution < -0.4 is 19.9 Å². The number of nitrogens with zero attached hydrogens (tertiary/aromatic N) is 3. The van der Waals surface area contributed by atoms with Gasteiger partial charge in [0.2, 0.25) is 5.88 Å². The van der Waals surface area contributed by atoms with Gasteiger partial charge in [-0.05, 0) is 42.3 Å². The molecule has 2 heterocycles. The van der Waals surface area contributed by atoms with Crippen molar-refractivity contribution in [3.8, 4) is 23.0 Å². The minimum absolute atomic E-state index is 0.221. The van der Waals surface area contributed by atoms with Crippen LogP contribution in [0.1, 0.15) is 13.8 Å². The summed E-state index contributed by atoms with van der Waals surface area (Å²) in [6.45, 7) is 4.45. The number of H-pyrrole nitrogens is 1. The van der Waals surface area contributed by atoms with Crippen molar-refractivity contribution in [2.75, 3.05) is 24.2 Å². The number of methoxy groups -OCH3 is 1. The molecule has 4 aromatic rings. The first-order valence-electron chi connectivity index (χ1n) is 10.3. The molecule has 2 aromatic carbocycles. The molecule has 2 aromatic heterocycles. The molecule has 0 saturated carbocycles. The topological polar surface area (TPSA) is 145 Å². The van der Waals surface area contributed by atoms with E-state index in [9.17, 15) is 12.8 Å². The van der Waals surface area contributed by atoms with Gasteiger partial charge in [-0.15, -0.1) is 0 Å². The third-order valence-electron chi connectivity index (χ3n) is 4.78. The Morgan fingerprint density at radius 2 is 1.88 bits per heavy atom. The molecule has 0 unspecified atom stereocenters. The van der Waals surface area contributed by atoms with Crippen molar-refractivity contribution in [2.45, 2.75) is 18.7 Å². The van der Waals surface area contributed by atoms with Crippen LogP contribution in [-0.4, -0.2) is 42.3 Å². The van der Waals surface area contributed by atoms with Crippen molar-refractivity contribution in [3.05, 3.63) is 48.3 Å². The van der Waals surface area contributed by atoms with E-state index in [4.69, 9.17) is 15.2 Å². The summed E-state index contributed by atoms with van der Waals surface area (Å²) >= 11 is 0. The number of anilines is 2. The van der Waals surface area contributed by atoms with E-state index in [0.717, 1.165) is 12.1 Å². The minimum Gasteiger partial charge on any atom is -0.497 e. The number of rotatable bonds is 8. The number of nitrogens with two attached hydrogens (primary N) is 1. The minimum atomic E-state index is -4.19. The van der Waals surface area contributed by atoms with Gasteiger partial charge in [0.05, 0.1) is 13.7 Å². The van der Waals surface area contributed by atoms with Crippen molar-refractivity contribution >= 4 is 32.6 Å². The van der Waals surface area contributed by atoms with Gasteiger partial charge in [0, 0.05) is 17.3 Å². The number of aromatic nitrogens is 4. The number of halogens is 1. The second-order valence-corrected chi connectivity index (χ2v) is 9.52. The molecule has 0 amide bonds. The van der Waals surface area contributed by atoms with Crippen LogP contribution >= 0.6 is 0 Å². The molecule has 0 aliphatic carbocycles. The quantitative estimate of drug-likeness (QED) is 0.343. The van der Waals surface area contributed by atoms with Crippen LogP contribution in [0.2, 0.25) is 0 Å². The molecule has 4 N–H and O–H groups in total. The van der Waals surface area contributed by atoms with Crippen molar-refractivity contribution in [1.82, 2.24) is 20.2 Å². The Labute approximate surface area is 195 Å². The zero-order valence-electron chi connectivity index (χ0n) is 18.7. The fraction of sp³-hybridized carbons (Fsp3) is 0.227. The fourth-order valence-corrected chi connectivity index (χ4v) is 4.26. The molecule has 0 aliphatic heterocycles. The van der Waals surface area contributed by atoms with Gasteiger partial charge < -0.3 is 15.2 Å². The zero-order chi connectivity index (χ0) is 24.5. The summed E-state index contributed by atoms with van der Waals surface area (Å²) in [6.07, 6.45) is 0. The summed E-state index contributed by atoms with van der Waals surface area (Å²) < 4.78 is 52.7. The van der Waals surface area contributed by atoms with Crippen LogP contribution in [0.3, 0.4) is 0 Å². The molecule has 0 bridgehead atoms. The van der Waals surface area contributed by atoms with Crippen molar-refractivity contribution in [3.63, 3.8) is 0 Å². The van der Waals surface area contributed by atoms with Gasteiger partial charge in [0.15, 0.2) is 11.5 Å². The van der Waals surface area contributed by atoms with Crippen LogP contribution in [-0.2, 0) is 10.0 Å². The summed E-state index contributed by atoms with van der Waals surface area (Å²) in [6, 6.07) is 9.78. The molecule has 10 nitrogen and oxygen atoms in total. The first-order valence-corrected chi connectivity index (χ1v) is 11.8. The molecule has 0 radical (unpaired) electrons. The number of hydrogen-bond donors (Lipinski definition) is 3. The average Bonchev–Trinajstić information content (AvgIpc) is 3.18. The molecule has 0 aliphatic rings. The Morgan fingerprint density at radius 3 is 2.56 bits per heavy atom. The first kappa shape index (κ1) is 23.2. The molecule has 0 fully saturated rings. The second kappa shape index (κ2) is 9.14. The summed E-state index contributed by atoms with van der Waals surface area (Å²) in [5.41, 5.74) is 7.12. The lowest BCUT2D eigenvalue weighted by molar-refractivity contribution is 0.265. The van der Waals surface area contributed by atoms with Crippen LogP contribution in [0.4, 0.5) is 15.9 Å². The van der Waals surface area contributed by atoms with Crippen LogP contribution in [0.15, 0.2) is 47.4 Å². The highest BCUT2D eigenvalue weighted by Gasteiger charge is 2.21. The lowest BCUT2D eigenvalue weighted by atomic mass is 10.2. The van der Waals surface area contributed by atoms with E-state index in [-0.39, 0.29) is 17.4 Å². The van der Waals surface area contributed by atoms with Crippen LogP contribution in [0.25, 0.3) is 22.4 Å². The Bertz CT molecular complexity index is 1440. The number of hydrogen-bond acceptors (Lipinski definition) is 8. The van der Waals surface area contributed by atoms with E-state index in [1.165, 1.54) is 25.3 Å². The number of nitrogens with one attached hydrogen (secondary N) is 2.